The molecule has 5 nitrogen and oxygen atoms in total. The standard InChI is InChI=1S/C15H23ClN2O3S/c1-12(2)8-10-18(13(3)19)11-9-17-22(20,21)15-6-4-14(16)5-7-15/h4-7,12,17H,8-11H2,1-3H3. The maximum Gasteiger partial charge on any atom is 0.240 e. The first-order valence-corrected chi connectivity index (χ1v) is 9.09. The third kappa shape index (κ3) is 6.34. The molecule has 0 aliphatic rings. The minimum absolute atomic E-state index is 0.0497. The van der Waals surface area contributed by atoms with Crippen molar-refractivity contribution in [2.24, 2.45) is 5.92 Å². The van der Waals surface area contributed by atoms with Gasteiger partial charge in [-0.3, -0.25) is 4.79 Å². The Kier molecular flexibility index (Phi) is 7.32. The molecule has 0 spiro atoms. The maximum absolute atomic E-state index is 12.1. The van der Waals surface area contributed by atoms with E-state index < -0.39 is 10.0 Å². The highest BCUT2D eigenvalue weighted by atomic mass is 35.5. The summed E-state index contributed by atoms with van der Waals surface area (Å²) in [4.78, 5) is 13.4. The molecule has 0 aromatic heterocycles. The Labute approximate surface area is 137 Å². The zero-order chi connectivity index (χ0) is 16.8. The van der Waals surface area contributed by atoms with Gasteiger partial charge in [0.05, 0.1) is 4.90 Å². The summed E-state index contributed by atoms with van der Waals surface area (Å²) < 4.78 is 26.7. The van der Waals surface area contributed by atoms with Crippen molar-refractivity contribution in [3.05, 3.63) is 29.3 Å². The molecule has 124 valence electrons. The van der Waals surface area contributed by atoms with Crippen molar-refractivity contribution in [3.8, 4) is 0 Å². The number of nitrogens with one attached hydrogen (secondary N) is 1. The lowest BCUT2D eigenvalue weighted by Crippen LogP contribution is -2.38. The molecular formula is C15H23ClN2O3S. The third-order valence-corrected chi connectivity index (χ3v) is 4.95. The van der Waals surface area contributed by atoms with Crippen LogP contribution >= 0.6 is 11.6 Å². The third-order valence-electron chi connectivity index (χ3n) is 3.22. The molecule has 0 saturated heterocycles. The molecule has 0 aliphatic heterocycles. The van der Waals surface area contributed by atoms with Crippen molar-refractivity contribution in [2.45, 2.75) is 32.1 Å². The minimum atomic E-state index is -3.58. The first-order valence-electron chi connectivity index (χ1n) is 7.23. The van der Waals surface area contributed by atoms with E-state index in [9.17, 15) is 13.2 Å². The molecule has 0 aliphatic carbocycles. The van der Waals surface area contributed by atoms with Gasteiger partial charge < -0.3 is 4.90 Å². The number of rotatable bonds is 8. The largest absolute Gasteiger partial charge is 0.342 e. The Morgan fingerprint density at radius 1 is 1.23 bits per heavy atom. The lowest BCUT2D eigenvalue weighted by molar-refractivity contribution is -0.128. The monoisotopic (exact) mass is 346 g/mol. The van der Waals surface area contributed by atoms with Gasteiger partial charge in [-0.2, -0.15) is 0 Å². The predicted molar refractivity (Wildman–Crippen MR) is 88.3 cm³/mol. The van der Waals surface area contributed by atoms with E-state index in [1.165, 1.54) is 31.2 Å². The molecule has 0 fully saturated rings. The average Bonchev–Trinajstić information content (AvgIpc) is 2.42. The zero-order valence-electron chi connectivity index (χ0n) is 13.2. The van der Waals surface area contributed by atoms with Crippen molar-refractivity contribution in [1.29, 1.82) is 0 Å². The van der Waals surface area contributed by atoms with Crippen molar-refractivity contribution >= 4 is 27.5 Å². The van der Waals surface area contributed by atoms with Crippen LogP contribution in [0.3, 0.4) is 0 Å². The van der Waals surface area contributed by atoms with Crippen LogP contribution < -0.4 is 4.72 Å². The summed E-state index contributed by atoms with van der Waals surface area (Å²) in [6, 6.07) is 5.96. The highest BCUT2D eigenvalue weighted by Gasteiger charge is 2.15. The Morgan fingerprint density at radius 2 is 1.82 bits per heavy atom. The van der Waals surface area contributed by atoms with Crippen LogP contribution in [0.1, 0.15) is 27.2 Å². The number of hydrogen-bond acceptors (Lipinski definition) is 3. The molecule has 1 N–H and O–H groups in total. The summed E-state index contributed by atoms with van der Waals surface area (Å²) in [7, 11) is -3.58. The van der Waals surface area contributed by atoms with Crippen molar-refractivity contribution in [2.75, 3.05) is 19.6 Å². The van der Waals surface area contributed by atoms with Crippen LogP contribution in [0.2, 0.25) is 5.02 Å². The van der Waals surface area contributed by atoms with Gasteiger partial charge in [-0.1, -0.05) is 25.4 Å². The Bertz CT molecular complexity index is 585. The molecular weight excluding hydrogens is 324 g/mol. The van der Waals surface area contributed by atoms with Gasteiger partial charge in [0.2, 0.25) is 15.9 Å². The number of carbonyl (C=O) groups is 1. The fraction of sp³-hybridized carbons (Fsp3) is 0.533. The number of sulfonamides is 1. The number of nitrogens with zero attached hydrogens (tertiary/aromatic N) is 1. The van der Waals surface area contributed by atoms with E-state index in [1.54, 1.807) is 4.90 Å². The smallest absolute Gasteiger partial charge is 0.240 e. The summed E-state index contributed by atoms with van der Waals surface area (Å²) in [5.74, 6) is 0.443. The second-order valence-electron chi connectivity index (χ2n) is 5.54. The van der Waals surface area contributed by atoms with Crippen molar-refractivity contribution in [1.82, 2.24) is 9.62 Å². The maximum atomic E-state index is 12.1. The van der Waals surface area contributed by atoms with Crippen molar-refractivity contribution in [3.63, 3.8) is 0 Å². The van der Waals surface area contributed by atoms with Crippen LogP contribution in [0.15, 0.2) is 29.2 Å². The van der Waals surface area contributed by atoms with Gasteiger partial charge >= 0.3 is 0 Å². The van der Waals surface area contributed by atoms with E-state index in [0.717, 1.165) is 6.42 Å². The van der Waals surface area contributed by atoms with Gasteiger partial charge in [-0.15, -0.1) is 0 Å². The Hall–Kier alpha value is -1.11. The molecule has 7 heteroatoms. The molecule has 0 atom stereocenters. The Balaban J connectivity index is 2.56. The molecule has 1 rings (SSSR count). The summed E-state index contributed by atoms with van der Waals surface area (Å²) in [6.45, 7) is 6.84. The molecule has 0 radical (unpaired) electrons. The Morgan fingerprint density at radius 3 is 2.32 bits per heavy atom. The molecule has 0 heterocycles. The SMILES string of the molecule is CC(=O)N(CCNS(=O)(=O)c1ccc(Cl)cc1)CCC(C)C. The summed E-state index contributed by atoms with van der Waals surface area (Å²) in [6.07, 6.45) is 0.892. The van der Waals surface area contributed by atoms with Crippen LogP contribution in [0.5, 0.6) is 0 Å². The number of amides is 1. The van der Waals surface area contributed by atoms with E-state index >= 15 is 0 Å². The van der Waals surface area contributed by atoms with Gasteiger partial charge in [0.1, 0.15) is 0 Å². The van der Waals surface area contributed by atoms with Crippen LogP contribution in [-0.4, -0.2) is 38.9 Å². The molecule has 22 heavy (non-hydrogen) atoms. The second kappa shape index (κ2) is 8.50. The lowest BCUT2D eigenvalue weighted by Gasteiger charge is -2.22. The van der Waals surface area contributed by atoms with Crippen LogP contribution in [0.4, 0.5) is 0 Å². The van der Waals surface area contributed by atoms with Gasteiger partial charge in [0.15, 0.2) is 0 Å². The van der Waals surface area contributed by atoms with Crippen molar-refractivity contribution < 1.29 is 13.2 Å². The predicted octanol–water partition coefficient (Wildman–Crippen LogP) is 2.51. The average molecular weight is 347 g/mol. The van der Waals surface area contributed by atoms with E-state index in [4.69, 9.17) is 11.6 Å². The number of halogens is 1. The first kappa shape index (κ1) is 18.9. The minimum Gasteiger partial charge on any atom is -0.342 e. The molecule has 0 unspecified atom stereocenters. The number of benzene rings is 1. The zero-order valence-corrected chi connectivity index (χ0v) is 14.7. The summed E-state index contributed by atoms with van der Waals surface area (Å²) in [5, 5.41) is 0.482. The van der Waals surface area contributed by atoms with Gasteiger partial charge in [-0.05, 0) is 36.6 Å². The fourth-order valence-corrected chi connectivity index (χ4v) is 3.00. The molecule has 1 aromatic rings. The number of hydrogen-bond donors (Lipinski definition) is 1. The van der Waals surface area contributed by atoms with Crippen LogP contribution in [0, 0.1) is 5.92 Å². The van der Waals surface area contributed by atoms with E-state index in [0.29, 0.717) is 24.0 Å². The van der Waals surface area contributed by atoms with Crippen LogP contribution in [-0.2, 0) is 14.8 Å². The van der Waals surface area contributed by atoms with Gasteiger partial charge in [0.25, 0.3) is 0 Å². The fourth-order valence-electron chi connectivity index (χ4n) is 1.85. The lowest BCUT2D eigenvalue weighted by atomic mass is 10.1. The van der Waals surface area contributed by atoms with E-state index in [1.807, 2.05) is 0 Å². The first-order chi connectivity index (χ1) is 10.2. The topological polar surface area (TPSA) is 66.5 Å². The number of carbonyl (C=O) groups excluding carboxylic acids is 1. The highest BCUT2D eigenvalue weighted by Crippen LogP contribution is 2.13. The van der Waals surface area contributed by atoms with Gasteiger partial charge in [-0.25, -0.2) is 13.1 Å². The van der Waals surface area contributed by atoms with E-state index in [-0.39, 0.29) is 17.3 Å². The summed E-state index contributed by atoms with van der Waals surface area (Å²) >= 11 is 5.74. The molecule has 1 aromatic carbocycles. The van der Waals surface area contributed by atoms with E-state index in [2.05, 4.69) is 18.6 Å². The summed E-state index contributed by atoms with van der Waals surface area (Å²) in [5.41, 5.74) is 0. The normalized spacial score (nSPS) is 11.7. The molecule has 1 amide bonds. The second-order valence-corrected chi connectivity index (χ2v) is 7.74. The molecule has 0 saturated carbocycles. The van der Waals surface area contributed by atoms with Gasteiger partial charge in [0, 0.05) is 31.6 Å². The quantitative estimate of drug-likeness (QED) is 0.786. The molecule has 0 bridgehead atoms. The van der Waals surface area contributed by atoms with Crippen LogP contribution in [0.25, 0.3) is 0 Å². The highest BCUT2D eigenvalue weighted by molar-refractivity contribution is 7.89.